The summed E-state index contributed by atoms with van der Waals surface area (Å²) in [6, 6.07) is 16.0. The molecule has 0 saturated carbocycles. The summed E-state index contributed by atoms with van der Waals surface area (Å²) in [5.41, 5.74) is 0. The van der Waals surface area contributed by atoms with E-state index in [9.17, 15) is 22.4 Å². The Kier molecular flexibility index (Phi) is 5.81. The first-order valence-corrected chi connectivity index (χ1v) is 13.3. The van der Waals surface area contributed by atoms with E-state index in [4.69, 9.17) is 4.89 Å². The van der Waals surface area contributed by atoms with Crippen molar-refractivity contribution in [2.45, 2.75) is 4.90 Å². The molecule has 0 aromatic heterocycles. The van der Waals surface area contributed by atoms with E-state index < -0.39 is 37.6 Å². The molecule has 0 spiro atoms. The number of hydrogen-bond donors (Lipinski definition) is 2. The molecule has 0 radical (unpaired) electrons. The standard InChI is InChI=1S/C17H18O8P2S/c1-26(18,19)25-27(20,21)24-11-12-28(22,23)17-8-4-7-15-14-6-3-2-5-13(14)9-10-16(15)17/h2-10H,11-12H2,1H3,(H,18,19)(H,20,21). The van der Waals surface area contributed by atoms with Crippen molar-refractivity contribution >= 4 is 46.8 Å². The van der Waals surface area contributed by atoms with Crippen LogP contribution in [0.15, 0.2) is 59.5 Å². The topological polar surface area (TPSA) is 127 Å². The number of phosphoric ester groups is 1. The Balaban J connectivity index is 1.88. The minimum atomic E-state index is -4.85. The lowest BCUT2D eigenvalue weighted by atomic mass is 10.0. The van der Waals surface area contributed by atoms with Crippen LogP contribution >= 0.6 is 15.4 Å². The molecule has 28 heavy (non-hydrogen) atoms. The van der Waals surface area contributed by atoms with Gasteiger partial charge in [0.25, 0.3) is 0 Å². The fourth-order valence-electron chi connectivity index (χ4n) is 2.87. The SMILES string of the molecule is CP(=O)(O)OP(=O)(O)OCCS(=O)(=O)c1cccc2c1ccc1ccccc12. The largest absolute Gasteiger partial charge is 0.479 e. The van der Waals surface area contributed by atoms with Crippen LogP contribution in [0.2, 0.25) is 0 Å². The molecule has 8 nitrogen and oxygen atoms in total. The van der Waals surface area contributed by atoms with Gasteiger partial charge in [-0.1, -0.05) is 48.5 Å². The van der Waals surface area contributed by atoms with E-state index in [1.54, 1.807) is 12.1 Å². The van der Waals surface area contributed by atoms with Crippen molar-refractivity contribution in [3.63, 3.8) is 0 Å². The third-order valence-corrected chi connectivity index (χ3v) is 8.22. The van der Waals surface area contributed by atoms with Crippen molar-refractivity contribution in [3.8, 4) is 0 Å². The highest BCUT2D eigenvalue weighted by atomic mass is 32.2. The van der Waals surface area contributed by atoms with Crippen LogP contribution in [0.3, 0.4) is 0 Å². The molecule has 11 heteroatoms. The van der Waals surface area contributed by atoms with Gasteiger partial charge in [0.2, 0.25) is 0 Å². The molecule has 0 saturated heterocycles. The van der Waals surface area contributed by atoms with Crippen LogP contribution in [0.1, 0.15) is 0 Å². The van der Waals surface area contributed by atoms with Gasteiger partial charge in [-0.15, -0.1) is 0 Å². The minimum absolute atomic E-state index is 0.0661. The number of sulfone groups is 1. The van der Waals surface area contributed by atoms with E-state index in [0.717, 1.165) is 22.8 Å². The van der Waals surface area contributed by atoms with Crippen molar-refractivity contribution in [2.75, 3.05) is 19.0 Å². The van der Waals surface area contributed by atoms with E-state index in [0.29, 0.717) is 5.39 Å². The number of benzene rings is 3. The van der Waals surface area contributed by atoms with Crippen molar-refractivity contribution in [1.82, 2.24) is 0 Å². The van der Waals surface area contributed by atoms with Crippen LogP contribution in [0, 0.1) is 0 Å². The lowest BCUT2D eigenvalue weighted by Crippen LogP contribution is -2.12. The Hall–Kier alpha value is -1.57. The van der Waals surface area contributed by atoms with Gasteiger partial charge in [-0.3, -0.25) is 9.09 Å². The van der Waals surface area contributed by atoms with Gasteiger partial charge in [0.1, 0.15) is 0 Å². The van der Waals surface area contributed by atoms with E-state index >= 15 is 0 Å². The summed E-state index contributed by atoms with van der Waals surface area (Å²) in [4.78, 5) is 18.5. The Morgan fingerprint density at radius 1 is 0.893 bits per heavy atom. The van der Waals surface area contributed by atoms with E-state index in [2.05, 4.69) is 8.83 Å². The minimum Gasteiger partial charge on any atom is -0.324 e. The molecule has 2 N–H and O–H groups in total. The fourth-order valence-corrected chi connectivity index (χ4v) is 6.36. The van der Waals surface area contributed by atoms with E-state index in [-0.39, 0.29) is 4.90 Å². The number of fused-ring (bicyclic) bond motifs is 3. The van der Waals surface area contributed by atoms with Crippen molar-refractivity contribution in [2.24, 2.45) is 0 Å². The van der Waals surface area contributed by atoms with Gasteiger partial charge in [0.05, 0.1) is 17.3 Å². The average Bonchev–Trinajstić information content (AvgIpc) is 2.58. The van der Waals surface area contributed by atoms with E-state index in [1.165, 1.54) is 6.07 Å². The third kappa shape index (κ3) is 4.88. The van der Waals surface area contributed by atoms with Crippen molar-refractivity contribution in [1.29, 1.82) is 0 Å². The molecule has 3 rings (SSSR count). The Morgan fingerprint density at radius 3 is 2.29 bits per heavy atom. The first-order chi connectivity index (χ1) is 13.0. The second-order valence-electron chi connectivity index (χ2n) is 6.14. The highest BCUT2D eigenvalue weighted by Gasteiger charge is 2.30. The lowest BCUT2D eigenvalue weighted by molar-refractivity contribution is 0.206. The molecule has 0 aliphatic rings. The summed E-state index contributed by atoms with van der Waals surface area (Å²) < 4.78 is 56.8. The maximum absolute atomic E-state index is 12.8. The molecule has 0 amide bonds. The van der Waals surface area contributed by atoms with Gasteiger partial charge in [-0.05, 0) is 22.2 Å². The summed E-state index contributed by atoms with van der Waals surface area (Å²) >= 11 is 0. The average molecular weight is 444 g/mol. The molecule has 150 valence electrons. The van der Waals surface area contributed by atoms with Gasteiger partial charge in [0.15, 0.2) is 9.84 Å². The molecular weight excluding hydrogens is 426 g/mol. The van der Waals surface area contributed by atoms with Gasteiger partial charge in [-0.25, -0.2) is 17.3 Å². The Bertz CT molecular complexity index is 1230. The van der Waals surface area contributed by atoms with Gasteiger partial charge in [-0.2, -0.15) is 0 Å². The van der Waals surface area contributed by atoms with Gasteiger partial charge >= 0.3 is 15.4 Å². The molecule has 0 fully saturated rings. The summed E-state index contributed by atoms with van der Waals surface area (Å²) in [7, 11) is -13.0. The predicted molar refractivity (Wildman–Crippen MR) is 106 cm³/mol. The Morgan fingerprint density at radius 2 is 1.57 bits per heavy atom. The van der Waals surface area contributed by atoms with Crippen LogP contribution in [-0.2, 0) is 27.8 Å². The van der Waals surface area contributed by atoms with Crippen LogP contribution in [0.4, 0.5) is 0 Å². The molecule has 0 aliphatic carbocycles. The molecule has 2 unspecified atom stereocenters. The smallest absolute Gasteiger partial charge is 0.324 e. The zero-order chi connectivity index (χ0) is 20.6. The van der Waals surface area contributed by atoms with Gasteiger partial charge in [0, 0.05) is 12.1 Å². The van der Waals surface area contributed by atoms with Crippen LogP contribution in [-0.4, -0.2) is 37.2 Å². The molecule has 0 bridgehead atoms. The maximum atomic E-state index is 12.8. The van der Waals surface area contributed by atoms with Crippen molar-refractivity contribution in [3.05, 3.63) is 54.6 Å². The number of phosphoric acid groups is 1. The summed E-state index contributed by atoms with van der Waals surface area (Å²) in [5, 5.41) is 3.17. The molecule has 3 aromatic rings. The molecule has 0 heterocycles. The first-order valence-electron chi connectivity index (χ1n) is 8.11. The Labute approximate surface area is 161 Å². The normalized spacial score (nSPS) is 16.7. The number of hydrogen-bond acceptors (Lipinski definition) is 6. The van der Waals surface area contributed by atoms with Crippen LogP contribution in [0.5, 0.6) is 0 Å². The number of rotatable bonds is 7. The highest BCUT2D eigenvalue weighted by Crippen LogP contribution is 2.57. The highest BCUT2D eigenvalue weighted by molar-refractivity contribution is 7.91. The first kappa shape index (κ1) is 21.1. The van der Waals surface area contributed by atoms with Crippen LogP contribution in [0.25, 0.3) is 21.5 Å². The zero-order valence-electron chi connectivity index (χ0n) is 14.8. The monoisotopic (exact) mass is 444 g/mol. The summed E-state index contributed by atoms with van der Waals surface area (Å²) in [6.45, 7) is 0.0382. The van der Waals surface area contributed by atoms with E-state index in [1.807, 2.05) is 36.4 Å². The van der Waals surface area contributed by atoms with Gasteiger partial charge < -0.3 is 9.79 Å². The maximum Gasteiger partial charge on any atom is 0.479 e. The second kappa shape index (κ2) is 7.69. The third-order valence-electron chi connectivity index (χ3n) is 3.94. The van der Waals surface area contributed by atoms with Crippen LogP contribution < -0.4 is 0 Å². The van der Waals surface area contributed by atoms with Crippen molar-refractivity contribution < 1.29 is 36.2 Å². The molecule has 2 atom stereocenters. The quantitative estimate of drug-likeness (QED) is 0.417. The lowest BCUT2D eigenvalue weighted by Gasteiger charge is -2.14. The fraction of sp³-hybridized carbons (Fsp3) is 0.176. The molecule has 0 aliphatic heterocycles. The predicted octanol–water partition coefficient (Wildman–Crippen LogP) is 3.72. The molecule has 3 aromatic carbocycles. The summed E-state index contributed by atoms with van der Waals surface area (Å²) in [6.07, 6.45) is 0. The zero-order valence-corrected chi connectivity index (χ0v) is 17.4. The second-order valence-corrected chi connectivity index (χ2v) is 11.7. The molecular formula is C17H18O8P2S. The summed E-state index contributed by atoms with van der Waals surface area (Å²) in [5.74, 6) is -0.605.